The summed E-state index contributed by atoms with van der Waals surface area (Å²) in [7, 11) is 1.74. The molecular formula is C27H33FN4O5. The van der Waals surface area contributed by atoms with Crippen LogP contribution < -0.4 is 20.7 Å². The van der Waals surface area contributed by atoms with Crippen LogP contribution in [-0.2, 0) is 16.1 Å². The van der Waals surface area contributed by atoms with Crippen molar-refractivity contribution in [2.75, 3.05) is 19.0 Å². The molecule has 2 heterocycles. The molecule has 4 rings (SSSR count). The van der Waals surface area contributed by atoms with Crippen molar-refractivity contribution in [2.24, 2.45) is 0 Å². The van der Waals surface area contributed by atoms with Crippen molar-refractivity contribution < 1.29 is 28.2 Å². The molecular weight excluding hydrogens is 479 g/mol. The number of rotatable bonds is 6. The number of hydrogen-bond donors (Lipinski definition) is 3. The van der Waals surface area contributed by atoms with Gasteiger partial charge in [-0.2, -0.15) is 0 Å². The fraction of sp³-hybridized carbons (Fsp3) is 0.444. The lowest BCUT2D eigenvalue weighted by Gasteiger charge is -2.42. The molecule has 0 radical (unpaired) electrons. The van der Waals surface area contributed by atoms with Crippen molar-refractivity contribution in [1.29, 1.82) is 0 Å². The summed E-state index contributed by atoms with van der Waals surface area (Å²) in [5.74, 6) is -0.292. The van der Waals surface area contributed by atoms with Crippen LogP contribution in [0.25, 0.3) is 0 Å². The first-order chi connectivity index (χ1) is 17.7. The third-order valence-electron chi connectivity index (χ3n) is 6.51. The quantitative estimate of drug-likeness (QED) is 0.550. The zero-order valence-electron chi connectivity index (χ0n) is 21.3. The number of hydrogen-bond acceptors (Lipinski definition) is 5. The van der Waals surface area contributed by atoms with E-state index in [0.29, 0.717) is 36.4 Å². The van der Waals surface area contributed by atoms with E-state index < -0.39 is 0 Å². The number of likely N-dealkylation sites (N-methyl/N-ethyl adjacent to an activating group) is 1. The number of anilines is 1. The van der Waals surface area contributed by atoms with Crippen molar-refractivity contribution in [3.63, 3.8) is 0 Å². The minimum atomic E-state index is -0.389. The molecule has 0 aromatic heterocycles. The number of benzene rings is 2. The smallest absolute Gasteiger partial charge is 0.319 e. The average molecular weight is 513 g/mol. The Kier molecular flexibility index (Phi) is 8.27. The number of nitrogens with one attached hydrogen (secondary N) is 3. The number of carbonyl (C=O) groups is 3. The molecule has 2 aliphatic heterocycles. The van der Waals surface area contributed by atoms with Gasteiger partial charge in [0.05, 0.1) is 24.1 Å². The predicted octanol–water partition coefficient (Wildman–Crippen LogP) is 3.44. The van der Waals surface area contributed by atoms with Crippen LogP contribution in [0.3, 0.4) is 0 Å². The average Bonchev–Trinajstić information content (AvgIpc) is 2.85. The first-order valence-electron chi connectivity index (χ1n) is 12.5. The van der Waals surface area contributed by atoms with Crippen LogP contribution in [0.5, 0.6) is 5.75 Å². The largest absolute Gasteiger partial charge is 0.490 e. The minimum Gasteiger partial charge on any atom is -0.490 e. The molecule has 10 heteroatoms. The number of fused-ring (bicyclic) bond motifs is 2. The number of amides is 4. The van der Waals surface area contributed by atoms with Crippen molar-refractivity contribution in [3.05, 3.63) is 59.4 Å². The van der Waals surface area contributed by atoms with E-state index in [9.17, 15) is 18.8 Å². The molecule has 198 valence electrons. The number of ether oxygens (including phenoxy) is 2. The Balaban J connectivity index is 1.37. The van der Waals surface area contributed by atoms with Gasteiger partial charge in [0.1, 0.15) is 24.3 Å². The van der Waals surface area contributed by atoms with Gasteiger partial charge >= 0.3 is 6.03 Å². The maximum Gasteiger partial charge on any atom is 0.319 e. The number of carbonyl (C=O) groups excluding carboxylic acids is 3. The Bertz CT molecular complexity index is 1140. The van der Waals surface area contributed by atoms with E-state index in [1.165, 1.54) is 12.1 Å². The molecule has 2 aliphatic rings. The van der Waals surface area contributed by atoms with Gasteiger partial charge in [0.25, 0.3) is 5.91 Å². The Morgan fingerprint density at radius 1 is 1.14 bits per heavy atom. The summed E-state index contributed by atoms with van der Waals surface area (Å²) in [6.45, 7) is 4.26. The van der Waals surface area contributed by atoms with E-state index >= 15 is 0 Å². The predicted molar refractivity (Wildman–Crippen MR) is 136 cm³/mol. The molecule has 0 saturated carbocycles. The maximum atomic E-state index is 13.3. The molecule has 0 spiro atoms. The van der Waals surface area contributed by atoms with E-state index in [-0.39, 0.29) is 61.0 Å². The molecule has 0 unspecified atom stereocenters. The molecule has 3 atom stereocenters. The molecule has 2 aromatic rings. The fourth-order valence-electron chi connectivity index (χ4n) is 4.62. The van der Waals surface area contributed by atoms with Crippen LogP contribution in [0, 0.1) is 5.82 Å². The number of halogens is 1. The van der Waals surface area contributed by atoms with Gasteiger partial charge in [0.2, 0.25) is 5.91 Å². The minimum absolute atomic E-state index is 0.0200. The highest BCUT2D eigenvalue weighted by atomic mass is 19.1. The Hall–Kier alpha value is -3.66. The summed E-state index contributed by atoms with van der Waals surface area (Å²) < 4.78 is 25.3. The van der Waals surface area contributed by atoms with Crippen LogP contribution in [0.1, 0.15) is 49.0 Å². The molecule has 0 bridgehead atoms. The van der Waals surface area contributed by atoms with Gasteiger partial charge in [-0.15, -0.1) is 0 Å². The summed E-state index contributed by atoms with van der Waals surface area (Å²) >= 11 is 0. The lowest BCUT2D eigenvalue weighted by Crippen LogP contribution is -2.53. The number of nitrogens with zero attached hydrogens (tertiary/aromatic N) is 1. The summed E-state index contributed by atoms with van der Waals surface area (Å²) in [6.07, 6.45) is 0.779. The molecule has 0 aliphatic carbocycles. The SMILES string of the molecule is CC(C)NC(=O)Nc1ccc2c(c1)C(=O)N(C)[C@@H]1CC[C@H](CC(=O)NCc3ccc(F)cc3)O[C@@H]1CO2. The van der Waals surface area contributed by atoms with Gasteiger partial charge in [0, 0.05) is 25.3 Å². The first-order valence-corrected chi connectivity index (χ1v) is 12.5. The molecule has 3 N–H and O–H groups in total. The molecule has 37 heavy (non-hydrogen) atoms. The van der Waals surface area contributed by atoms with E-state index in [1.807, 2.05) is 13.8 Å². The highest BCUT2D eigenvalue weighted by molar-refractivity contribution is 5.99. The molecule has 2 aromatic carbocycles. The molecule has 4 amide bonds. The van der Waals surface area contributed by atoms with Gasteiger partial charge in [-0.25, -0.2) is 9.18 Å². The van der Waals surface area contributed by atoms with Crippen molar-refractivity contribution >= 4 is 23.5 Å². The third kappa shape index (κ3) is 6.76. The van der Waals surface area contributed by atoms with Crippen LogP contribution in [-0.4, -0.2) is 60.7 Å². The summed E-state index contributed by atoms with van der Waals surface area (Å²) in [6, 6.07) is 10.4. The van der Waals surface area contributed by atoms with Gasteiger partial charge in [0.15, 0.2) is 0 Å². The van der Waals surface area contributed by atoms with E-state index in [2.05, 4.69) is 16.0 Å². The maximum absolute atomic E-state index is 13.3. The van der Waals surface area contributed by atoms with Crippen molar-refractivity contribution in [2.45, 2.75) is 63.9 Å². The second-order valence-electron chi connectivity index (χ2n) is 9.74. The zero-order valence-corrected chi connectivity index (χ0v) is 21.3. The summed E-state index contributed by atoms with van der Waals surface area (Å²) in [5.41, 5.74) is 1.67. The molecule has 9 nitrogen and oxygen atoms in total. The van der Waals surface area contributed by atoms with E-state index in [4.69, 9.17) is 9.47 Å². The van der Waals surface area contributed by atoms with Crippen LogP contribution in [0.4, 0.5) is 14.9 Å². The summed E-state index contributed by atoms with van der Waals surface area (Å²) in [4.78, 5) is 39.6. The lowest BCUT2D eigenvalue weighted by atomic mass is 9.94. The second-order valence-corrected chi connectivity index (χ2v) is 9.74. The van der Waals surface area contributed by atoms with Gasteiger partial charge in [-0.3, -0.25) is 9.59 Å². The highest BCUT2D eigenvalue weighted by Gasteiger charge is 2.39. The van der Waals surface area contributed by atoms with Gasteiger partial charge in [-0.1, -0.05) is 12.1 Å². The topological polar surface area (TPSA) is 109 Å². The van der Waals surface area contributed by atoms with Crippen LogP contribution in [0.15, 0.2) is 42.5 Å². The van der Waals surface area contributed by atoms with Crippen molar-refractivity contribution in [1.82, 2.24) is 15.5 Å². The normalized spacial score (nSPS) is 21.2. The number of urea groups is 1. The third-order valence-corrected chi connectivity index (χ3v) is 6.51. The zero-order chi connectivity index (χ0) is 26.5. The second kappa shape index (κ2) is 11.6. The highest BCUT2D eigenvalue weighted by Crippen LogP contribution is 2.32. The van der Waals surface area contributed by atoms with Gasteiger partial charge < -0.3 is 30.3 Å². The Labute approximate surface area is 215 Å². The lowest BCUT2D eigenvalue weighted by molar-refractivity contribution is -0.134. The Morgan fingerprint density at radius 3 is 2.62 bits per heavy atom. The Morgan fingerprint density at radius 2 is 1.89 bits per heavy atom. The first kappa shape index (κ1) is 26.4. The fourth-order valence-corrected chi connectivity index (χ4v) is 4.62. The summed E-state index contributed by atoms with van der Waals surface area (Å²) in [5, 5.41) is 8.34. The molecule has 1 saturated heterocycles. The van der Waals surface area contributed by atoms with Crippen molar-refractivity contribution in [3.8, 4) is 5.75 Å². The van der Waals surface area contributed by atoms with Gasteiger partial charge in [-0.05, 0) is 62.6 Å². The van der Waals surface area contributed by atoms with E-state index in [0.717, 1.165) is 5.56 Å². The molecule has 1 fully saturated rings. The standard InChI is InChI=1S/C27H33FN4O5/c1-16(2)30-27(35)31-19-8-11-23-21(12-19)26(34)32(3)22-10-9-20(37-24(22)15-36-23)13-25(33)29-14-17-4-6-18(28)7-5-17/h4-8,11-12,16,20,22,24H,9-10,13-15H2,1-3H3,(H,29,33)(H2,30,31,35)/t20-,22-,24-/m1/s1. The van der Waals surface area contributed by atoms with E-state index in [1.54, 1.807) is 42.3 Å². The van der Waals surface area contributed by atoms with Crippen LogP contribution in [0.2, 0.25) is 0 Å². The van der Waals surface area contributed by atoms with Crippen LogP contribution >= 0.6 is 0 Å². The monoisotopic (exact) mass is 512 g/mol.